The first-order chi connectivity index (χ1) is 10.6. The summed E-state index contributed by atoms with van der Waals surface area (Å²) in [4.78, 5) is 14.7. The van der Waals surface area contributed by atoms with Crippen LogP contribution in [0.1, 0.15) is 23.0 Å². The van der Waals surface area contributed by atoms with E-state index in [0.717, 1.165) is 31.0 Å². The molecule has 22 heavy (non-hydrogen) atoms. The van der Waals surface area contributed by atoms with Crippen molar-refractivity contribution in [2.45, 2.75) is 19.9 Å². The van der Waals surface area contributed by atoms with Crippen molar-refractivity contribution in [3.05, 3.63) is 46.7 Å². The largest absolute Gasteiger partial charge is 0.333 e. The lowest BCUT2D eigenvalue weighted by atomic mass is 10.1. The summed E-state index contributed by atoms with van der Waals surface area (Å²) in [7, 11) is 0. The quantitative estimate of drug-likeness (QED) is 0.924. The van der Waals surface area contributed by atoms with Gasteiger partial charge in [-0.1, -0.05) is 11.6 Å². The van der Waals surface area contributed by atoms with Crippen LogP contribution >= 0.6 is 11.6 Å². The van der Waals surface area contributed by atoms with E-state index < -0.39 is 0 Å². The maximum absolute atomic E-state index is 12.8. The molecule has 2 heterocycles. The Morgan fingerprint density at radius 3 is 2.77 bits per heavy atom. The van der Waals surface area contributed by atoms with Gasteiger partial charge in [0.05, 0.1) is 16.9 Å². The van der Waals surface area contributed by atoms with Crippen molar-refractivity contribution < 1.29 is 4.79 Å². The number of benzene rings is 1. The number of carbonyl (C=O) groups excluding carboxylic acids is 1. The van der Waals surface area contributed by atoms with Crippen LogP contribution in [0.5, 0.6) is 0 Å². The standard InChI is InChI=1S/C16H19ClN4O/c1-11-9-18-7-8-20(11)16(22)15-10-21(19-12(15)2)14-5-3-13(17)4-6-14/h3-6,10-11,18H,7-9H2,1-2H3. The van der Waals surface area contributed by atoms with Crippen molar-refractivity contribution in [3.63, 3.8) is 0 Å². The van der Waals surface area contributed by atoms with Gasteiger partial charge in [0.2, 0.25) is 0 Å². The number of nitrogens with zero attached hydrogens (tertiary/aromatic N) is 3. The summed E-state index contributed by atoms with van der Waals surface area (Å²) in [5.41, 5.74) is 2.29. The Bertz CT molecular complexity index is 680. The molecule has 0 spiro atoms. The number of halogens is 1. The number of hydrogen-bond donors (Lipinski definition) is 1. The first-order valence-corrected chi connectivity index (χ1v) is 7.78. The highest BCUT2D eigenvalue weighted by Gasteiger charge is 2.26. The molecule has 0 saturated carbocycles. The third-order valence-electron chi connectivity index (χ3n) is 3.98. The molecule has 116 valence electrons. The van der Waals surface area contributed by atoms with Crippen LogP contribution in [0, 0.1) is 6.92 Å². The second-order valence-electron chi connectivity index (χ2n) is 5.60. The molecule has 0 bridgehead atoms. The van der Waals surface area contributed by atoms with Crippen molar-refractivity contribution >= 4 is 17.5 Å². The minimum absolute atomic E-state index is 0.0479. The zero-order valence-corrected chi connectivity index (χ0v) is 13.5. The molecule has 1 aliphatic rings. The second-order valence-corrected chi connectivity index (χ2v) is 6.04. The van der Waals surface area contributed by atoms with E-state index in [4.69, 9.17) is 11.6 Å². The molecule has 1 aliphatic heterocycles. The van der Waals surface area contributed by atoms with E-state index in [0.29, 0.717) is 10.6 Å². The Hall–Kier alpha value is -1.85. The Kier molecular flexibility index (Phi) is 4.18. The highest BCUT2D eigenvalue weighted by molar-refractivity contribution is 6.30. The fraction of sp³-hybridized carbons (Fsp3) is 0.375. The highest BCUT2D eigenvalue weighted by Crippen LogP contribution is 2.17. The van der Waals surface area contributed by atoms with Crippen LogP contribution in [-0.2, 0) is 0 Å². The minimum atomic E-state index is 0.0479. The summed E-state index contributed by atoms with van der Waals surface area (Å²) in [6.45, 7) is 6.32. The van der Waals surface area contributed by atoms with Gasteiger partial charge in [-0.25, -0.2) is 4.68 Å². The molecular weight excluding hydrogens is 300 g/mol. The number of carbonyl (C=O) groups is 1. The van der Waals surface area contributed by atoms with E-state index in [1.165, 1.54) is 0 Å². The van der Waals surface area contributed by atoms with E-state index in [9.17, 15) is 4.79 Å². The maximum atomic E-state index is 12.8. The zero-order chi connectivity index (χ0) is 15.7. The van der Waals surface area contributed by atoms with Crippen LogP contribution in [0.2, 0.25) is 5.02 Å². The van der Waals surface area contributed by atoms with Crippen LogP contribution in [0.3, 0.4) is 0 Å². The molecule has 0 aliphatic carbocycles. The van der Waals surface area contributed by atoms with Crippen LogP contribution in [-0.4, -0.2) is 46.3 Å². The number of piperazine rings is 1. The van der Waals surface area contributed by atoms with E-state index in [1.807, 2.05) is 36.1 Å². The van der Waals surface area contributed by atoms with Gasteiger partial charge in [0.1, 0.15) is 0 Å². The molecule has 1 saturated heterocycles. The summed E-state index contributed by atoms with van der Waals surface area (Å²) in [5, 5.41) is 8.44. The van der Waals surface area contributed by atoms with Crippen molar-refractivity contribution in [1.82, 2.24) is 20.0 Å². The number of aromatic nitrogens is 2. The van der Waals surface area contributed by atoms with Gasteiger partial charge in [-0.2, -0.15) is 5.10 Å². The molecule has 1 unspecified atom stereocenters. The summed E-state index contributed by atoms with van der Waals surface area (Å²) < 4.78 is 1.73. The maximum Gasteiger partial charge on any atom is 0.257 e. The number of aryl methyl sites for hydroxylation is 1. The second kappa shape index (κ2) is 6.10. The Morgan fingerprint density at radius 1 is 1.36 bits per heavy atom. The average Bonchev–Trinajstić information content (AvgIpc) is 2.90. The predicted octanol–water partition coefficient (Wildman–Crippen LogP) is 2.27. The number of hydrogen-bond acceptors (Lipinski definition) is 3. The molecule has 3 rings (SSSR count). The van der Waals surface area contributed by atoms with Crippen LogP contribution in [0.4, 0.5) is 0 Å². The van der Waals surface area contributed by atoms with Gasteiger partial charge in [-0.05, 0) is 38.1 Å². The summed E-state index contributed by atoms with van der Waals surface area (Å²) >= 11 is 5.91. The first kappa shape index (κ1) is 15.1. The molecule has 1 atom stereocenters. The first-order valence-electron chi connectivity index (χ1n) is 7.40. The molecule has 1 aromatic heterocycles. The highest BCUT2D eigenvalue weighted by atomic mass is 35.5. The number of nitrogens with one attached hydrogen (secondary N) is 1. The monoisotopic (exact) mass is 318 g/mol. The third-order valence-corrected chi connectivity index (χ3v) is 4.23. The SMILES string of the molecule is Cc1nn(-c2ccc(Cl)cc2)cc1C(=O)N1CCNCC1C. The lowest BCUT2D eigenvalue weighted by molar-refractivity contribution is 0.0655. The van der Waals surface area contributed by atoms with Crippen LogP contribution in [0.25, 0.3) is 5.69 Å². The molecule has 6 heteroatoms. The van der Waals surface area contributed by atoms with Crippen LogP contribution < -0.4 is 5.32 Å². The minimum Gasteiger partial charge on any atom is -0.333 e. The van der Waals surface area contributed by atoms with Crippen molar-refractivity contribution in [2.75, 3.05) is 19.6 Å². The van der Waals surface area contributed by atoms with Crippen molar-refractivity contribution in [2.24, 2.45) is 0 Å². The summed E-state index contributed by atoms with van der Waals surface area (Å²) in [5.74, 6) is 0.0479. The van der Waals surface area contributed by atoms with E-state index in [2.05, 4.69) is 17.3 Å². The lowest BCUT2D eigenvalue weighted by Gasteiger charge is -2.33. The zero-order valence-electron chi connectivity index (χ0n) is 12.7. The van der Waals surface area contributed by atoms with Crippen molar-refractivity contribution in [1.29, 1.82) is 0 Å². The van der Waals surface area contributed by atoms with Gasteiger partial charge >= 0.3 is 0 Å². The van der Waals surface area contributed by atoms with E-state index in [-0.39, 0.29) is 11.9 Å². The molecule has 1 aromatic carbocycles. The molecule has 2 aromatic rings. The Morgan fingerprint density at radius 2 is 2.09 bits per heavy atom. The molecular formula is C16H19ClN4O. The molecule has 1 N–H and O–H groups in total. The molecule has 1 amide bonds. The molecule has 0 radical (unpaired) electrons. The lowest BCUT2D eigenvalue weighted by Crippen LogP contribution is -2.52. The van der Waals surface area contributed by atoms with Gasteiger partial charge in [0.25, 0.3) is 5.91 Å². The average molecular weight is 319 g/mol. The van der Waals surface area contributed by atoms with Gasteiger partial charge in [-0.15, -0.1) is 0 Å². The molecule has 5 nitrogen and oxygen atoms in total. The van der Waals surface area contributed by atoms with Gasteiger partial charge in [0.15, 0.2) is 0 Å². The third kappa shape index (κ3) is 2.87. The van der Waals surface area contributed by atoms with Gasteiger partial charge in [0, 0.05) is 36.9 Å². The van der Waals surface area contributed by atoms with E-state index in [1.54, 1.807) is 10.9 Å². The van der Waals surface area contributed by atoms with E-state index >= 15 is 0 Å². The fourth-order valence-corrected chi connectivity index (χ4v) is 2.82. The predicted molar refractivity (Wildman–Crippen MR) is 86.7 cm³/mol. The van der Waals surface area contributed by atoms with Gasteiger partial charge in [-0.3, -0.25) is 4.79 Å². The smallest absolute Gasteiger partial charge is 0.257 e. The van der Waals surface area contributed by atoms with Gasteiger partial charge < -0.3 is 10.2 Å². The Labute approximate surface area is 134 Å². The number of amides is 1. The topological polar surface area (TPSA) is 50.2 Å². The molecule has 1 fully saturated rings. The van der Waals surface area contributed by atoms with Crippen LogP contribution in [0.15, 0.2) is 30.5 Å². The summed E-state index contributed by atoms with van der Waals surface area (Å²) in [6, 6.07) is 7.59. The number of rotatable bonds is 2. The Balaban J connectivity index is 1.88. The normalized spacial score (nSPS) is 18.5. The fourth-order valence-electron chi connectivity index (χ4n) is 2.69. The van der Waals surface area contributed by atoms with Crippen molar-refractivity contribution in [3.8, 4) is 5.69 Å². The summed E-state index contributed by atoms with van der Waals surface area (Å²) in [6.07, 6.45) is 1.80.